The van der Waals surface area contributed by atoms with E-state index >= 15 is 0 Å². The third kappa shape index (κ3) is 0.674. The Kier molecular flexibility index (Phi) is 1.17. The van der Waals surface area contributed by atoms with Crippen molar-refractivity contribution in [3.63, 3.8) is 0 Å². The van der Waals surface area contributed by atoms with Crippen molar-refractivity contribution in [1.82, 2.24) is 5.32 Å². The van der Waals surface area contributed by atoms with Gasteiger partial charge in [0.25, 0.3) is 0 Å². The first kappa shape index (κ1) is 6.67. The largest absolute Gasteiger partial charge is 0.315 e. The van der Waals surface area contributed by atoms with E-state index in [0.29, 0.717) is 0 Å². The smallest absolute Gasteiger partial charge is 0.00474 e. The monoisotopic (exact) mass is 159 g/mol. The summed E-state index contributed by atoms with van der Waals surface area (Å²) in [6, 6.07) is 6.88. The van der Waals surface area contributed by atoms with E-state index < -0.39 is 0 Å². The minimum atomic E-state index is 0.833. The van der Waals surface area contributed by atoms with Crippen molar-refractivity contribution < 1.29 is 0 Å². The fraction of sp³-hybridized carbons (Fsp3) is 0.455. The molecule has 1 heteroatoms. The Balaban J connectivity index is 2.11. The Morgan fingerprint density at radius 2 is 1.92 bits per heavy atom. The van der Waals surface area contributed by atoms with Crippen LogP contribution in [0.2, 0.25) is 0 Å². The van der Waals surface area contributed by atoms with Crippen LogP contribution in [-0.2, 0) is 0 Å². The topological polar surface area (TPSA) is 12.0 Å². The third-order valence-corrected chi connectivity index (χ3v) is 3.26. The van der Waals surface area contributed by atoms with E-state index in [1.165, 1.54) is 18.7 Å². The molecular weight excluding hydrogens is 146 g/mol. The van der Waals surface area contributed by atoms with Crippen LogP contribution in [0, 0.1) is 6.92 Å². The van der Waals surface area contributed by atoms with Crippen LogP contribution >= 0.6 is 0 Å². The molecule has 0 amide bonds. The molecule has 62 valence electrons. The molecule has 12 heavy (non-hydrogen) atoms. The Morgan fingerprint density at radius 3 is 2.75 bits per heavy atom. The fourth-order valence-corrected chi connectivity index (χ4v) is 2.59. The molecule has 1 nitrogen and oxygen atoms in total. The quantitative estimate of drug-likeness (QED) is 0.608. The van der Waals surface area contributed by atoms with E-state index in [9.17, 15) is 0 Å². The van der Waals surface area contributed by atoms with Crippen molar-refractivity contribution in [2.45, 2.75) is 18.8 Å². The number of rotatable bonds is 0. The van der Waals surface area contributed by atoms with Gasteiger partial charge in [0.2, 0.25) is 0 Å². The Morgan fingerprint density at radius 1 is 1.17 bits per heavy atom. The van der Waals surface area contributed by atoms with Gasteiger partial charge in [-0.25, -0.2) is 0 Å². The molecule has 2 atom stereocenters. The van der Waals surface area contributed by atoms with Crippen LogP contribution in [0.1, 0.15) is 28.5 Å². The summed E-state index contributed by atoms with van der Waals surface area (Å²) >= 11 is 0. The van der Waals surface area contributed by atoms with Gasteiger partial charge in [0.05, 0.1) is 0 Å². The van der Waals surface area contributed by atoms with E-state index in [0.717, 1.165) is 11.8 Å². The SMILES string of the molecule is Cc1ccc2c(c1)C1CNCC21. The standard InChI is InChI=1S/C11H13N/c1-7-2-3-8-9(4-7)11-6-12-5-10(8)11/h2-4,10-12H,5-6H2,1H3. The second-order valence-electron chi connectivity index (χ2n) is 4.00. The minimum absolute atomic E-state index is 0.833. The van der Waals surface area contributed by atoms with Gasteiger partial charge in [0, 0.05) is 24.9 Å². The summed E-state index contributed by atoms with van der Waals surface area (Å²) in [4.78, 5) is 0. The Bertz CT molecular complexity index is 330. The Hall–Kier alpha value is -0.820. The van der Waals surface area contributed by atoms with Gasteiger partial charge in [-0.15, -0.1) is 0 Å². The molecule has 3 rings (SSSR count). The maximum Gasteiger partial charge on any atom is 0.00474 e. The average molecular weight is 159 g/mol. The van der Waals surface area contributed by atoms with Crippen molar-refractivity contribution in [3.8, 4) is 0 Å². The first-order valence-corrected chi connectivity index (χ1v) is 4.67. The molecule has 1 aliphatic carbocycles. The lowest BCUT2D eigenvalue weighted by atomic mass is 9.70. The van der Waals surface area contributed by atoms with E-state index in [1.807, 2.05) is 0 Å². The van der Waals surface area contributed by atoms with Crippen LogP contribution in [0.4, 0.5) is 0 Å². The van der Waals surface area contributed by atoms with E-state index in [1.54, 1.807) is 11.1 Å². The molecule has 0 aromatic heterocycles. The molecule has 1 aromatic rings. The van der Waals surface area contributed by atoms with Crippen LogP contribution in [-0.4, -0.2) is 13.1 Å². The zero-order valence-corrected chi connectivity index (χ0v) is 7.30. The third-order valence-electron chi connectivity index (χ3n) is 3.26. The van der Waals surface area contributed by atoms with Crippen molar-refractivity contribution in [3.05, 3.63) is 34.9 Å². The second-order valence-corrected chi connectivity index (χ2v) is 4.00. The van der Waals surface area contributed by atoms with Gasteiger partial charge in [-0.3, -0.25) is 0 Å². The van der Waals surface area contributed by atoms with Crippen molar-refractivity contribution in [2.75, 3.05) is 13.1 Å². The number of nitrogens with one attached hydrogen (secondary N) is 1. The Labute approximate surface area is 72.8 Å². The van der Waals surface area contributed by atoms with Crippen molar-refractivity contribution in [2.24, 2.45) is 0 Å². The summed E-state index contributed by atoms with van der Waals surface area (Å²) in [5.41, 5.74) is 4.60. The summed E-state index contributed by atoms with van der Waals surface area (Å²) in [5, 5.41) is 3.45. The number of benzene rings is 1. The lowest BCUT2D eigenvalue weighted by Gasteiger charge is -2.33. The normalized spacial score (nSPS) is 30.8. The summed E-state index contributed by atoms with van der Waals surface area (Å²) in [6.45, 7) is 4.57. The molecule has 2 unspecified atom stereocenters. The highest BCUT2D eigenvalue weighted by molar-refractivity contribution is 5.48. The maximum absolute atomic E-state index is 3.45. The number of aryl methyl sites for hydroxylation is 1. The van der Waals surface area contributed by atoms with Gasteiger partial charge in [-0.05, 0) is 18.1 Å². The number of fused-ring (bicyclic) bond motifs is 4. The molecule has 2 aliphatic rings. The highest BCUT2D eigenvalue weighted by Crippen LogP contribution is 2.48. The molecule has 0 radical (unpaired) electrons. The van der Waals surface area contributed by atoms with Crippen LogP contribution in [0.3, 0.4) is 0 Å². The van der Waals surface area contributed by atoms with E-state index in [-0.39, 0.29) is 0 Å². The van der Waals surface area contributed by atoms with Crippen LogP contribution in [0.5, 0.6) is 0 Å². The van der Waals surface area contributed by atoms with Crippen LogP contribution in [0.25, 0.3) is 0 Å². The lowest BCUT2D eigenvalue weighted by Crippen LogP contribution is -2.22. The molecule has 0 saturated carbocycles. The van der Waals surface area contributed by atoms with Crippen LogP contribution < -0.4 is 5.32 Å². The van der Waals surface area contributed by atoms with Gasteiger partial charge < -0.3 is 5.32 Å². The van der Waals surface area contributed by atoms with Gasteiger partial charge in [-0.2, -0.15) is 0 Å². The van der Waals surface area contributed by atoms with E-state index in [4.69, 9.17) is 0 Å². The van der Waals surface area contributed by atoms with Gasteiger partial charge in [-0.1, -0.05) is 23.8 Å². The molecule has 1 N–H and O–H groups in total. The predicted octanol–water partition coefficient (Wildman–Crippen LogP) is 1.78. The van der Waals surface area contributed by atoms with Crippen molar-refractivity contribution in [1.29, 1.82) is 0 Å². The molecule has 1 saturated heterocycles. The van der Waals surface area contributed by atoms with E-state index in [2.05, 4.69) is 30.4 Å². The first-order chi connectivity index (χ1) is 5.86. The lowest BCUT2D eigenvalue weighted by molar-refractivity contribution is 0.579. The molecule has 1 fully saturated rings. The van der Waals surface area contributed by atoms with Gasteiger partial charge in [0.1, 0.15) is 0 Å². The molecule has 0 spiro atoms. The number of hydrogen-bond acceptors (Lipinski definition) is 1. The van der Waals surface area contributed by atoms with Crippen LogP contribution in [0.15, 0.2) is 18.2 Å². The second kappa shape index (κ2) is 2.11. The highest BCUT2D eigenvalue weighted by atomic mass is 14.9. The number of hydrogen-bond donors (Lipinski definition) is 1. The van der Waals surface area contributed by atoms with Gasteiger partial charge >= 0.3 is 0 Å². The minimum Gasteiger partial charge on any atom is -0.315 e. The zero-order valence-electron chi connectivity index (χ0n) is 7.30. The van der Waals surface area contributed by atoms with Gasteiger partial charge in [0.15, 0.2) is 0 Å². The molecule has 0 bridgehead atoms. The molecule has 1 heterocycles. The first-order valence-electron chi connectivity index (χ1n) is 4.67. The summed E-state index contributed by atoms with van der Waals surface area (Å²) in [6.07, 6.45) is 0. The summed E-state index contributed by atoms with van der Waals surface area (Å²) < 4.78 is 0. The average Bonchev–Trinajstić information content (AvgIpc) is 2.46. The fourth-order valence-electron chi connectivity index (χ4n) is 2.59. The van der Waals surface area contributed by atoms with Crippen molar-refractivity contribution >= 4 is 0 Å². The molecular formula is C11H13N. The summed E-state index contributed by atoms with van der Waals surface area (Å²) in [7, 11) is 0. The zero-order chi connectivity index (χ0) is 8.13. The molecule has 1 aromatic carbocycles. The maximum atomic E-state index is 3.45. The molecule has 1 aliphatic heterocycles. The highest BCUT2D eigenvalue weighted by Gasteiger charge is 2.40. The summed E-state index contributed by atoms with van der Waals surface area (Å²) in [5.74, 6) is 1.67. The predicted molar refractivity (Wildman–Crippen MR) is 49.5 cm³/mol.